The standard InChI is InChI=1S/C27H26F2N2O4/c1-14-17-4-3-11-35-22(17)8-6-18(14)24-19-9-10-31(13-16-5-7-20(28)21(29)12-16)26(19)30-15(2)23(24)25(32)27(33)34/h5-8,12,25,32H,3-4,9-11,13H2,1-2H3,(H,33,34). The second-order valence-electron chi connectivity index (χ2n) is 9.12. The van der Waals surface area contributed by atoms with E-state index in [2.05, 4.69) is 4.98 Å². The van der Waals surface area contributed by atoms with Crippen molar-refractivity contribution in [1.29, 1.82) is 0 Å². The summed E-state index contributed by atoms with van der Waals surface area (Å²) in [6.07, 6.45) is 0.612. The Morgan fingerprint density at radius 1 is 1.14 bits per heavy atom. The summed E-state index contributed by atoms with van der Waals surface area (Å²) in [6.45, 7) is 5.25. The summed E-state index contributed by atoms with van der Waals surface area (Å²) in [4.78, 5) is 18.5. The molecule has 0 amide bonds. The lowest BCUT2D eigenvalue weighted by molar-refractivity contribution is -0.147. The predicted octanol–water partition coefficient (Wildman–Crippen LogP) is 4.65. The van der Waals surface area contributed by atoms with Crippen LogP contribution in [0.3, 0.4) is 0 Å². The van der Waals surface area contributed by atoms with Gasteiger partial charge < -0.3 is 19.8 Å². The van der Waals surface area contributed by atoms with Gasteiger partial charge in [-0.15, -0.1) is 0 Å². The Morgan fingerprint density at radius 2 is 1.94 bits per heavy atom. The van der Waals surface area contributed by atoms with Crippen LogP contribution in [0.25, 0.3) is 11.1 Å². The molecule has 0 bridgehead atoms. The number of aryl methyl sites for hydroxylation is 1. The smallest absolute Gasteiger partial charge is 0.337 e. The lowest BCUT2D eigenvalue weighted by Crippen LogP contribution is -2.21. The average Bonchev–Trinajstić information content (AvgIpc) is 3.22. The molecule has 8 heteroatoms. The Morgan fingerprint density at radius 3 is 2.69 bits per heavy atom. The Labute approximate surface area is 201 Å². The molecule has 0 radical (unpaired) electrons. The number of carbonyl (C=O) groups is 1. The van der Waals surface area contributed by atoms with Crippen LogP contribution < -0.4 is 9.64 Å². The molecule has 1 unspecified atom stereocenters. The van der Waals surface area contributed by atoms with Crippen LogP contribution in [0.4, 0.5) is 14.6 Å². The SMILES string of the molecule is Cc1nc2c(c(-c3ccc4c(c3C)CCCO4)c1C(O)C(=O)O)CCN2Cc1ccc(F)c(F)c1. The van der Waals surface area contributed by atoms with Gasteiger partial charge in [-0.3, -0.25) is 0 Å². The van der Waals surface area contributed by atoms with Gasteiger partial charge in [0.15, 0.2) is 17.7 Å². The Hall–Kier alpha value is -3.52. The molecule has 3 aromatic rings. The highest BCUT2D eigenvalue weighted by molar-refractivity contribution is 5.86. The summed E-state index contributed by atoms with van der Waals surface area (Å²) < 4.78 is 33.0. The Kier molecular flexibility index (Phi) is 5.92. The number of hydrogen-bond donors (Lipinski definition) is 2. The van der Waals surface area contributed by atoms with Crippen molar-refractivity contribution >= 4 is 11.8 Å². The minimum absolute atomic E-state index is 0.283. The van der Waals surface area contributed by atoms with Gasteiger partial charge in [-0.2, -0.15) is 0 Å². The first kappa shape index (κ1) is 23.2. The van der Waals surface area contributed by atoms with Crippen LogP contribution >= 0.6 is 0 Å². The first-order valence-electron chi connectivity index (χ1n) is 11.6. The normalized spacial score (nSPS) is 15.4. The van der Waals surface area contributed by atoms with Crippen molar-refractivity contribution in [3.8, 4) is 16.9 Å². The van der Waals surface area contributed by atoms with Crippen LogP contribution in [0.2, 0.25) is 0 Å². The highest BCUT2D eigenvalue weighted by Gasteiger charge is 2.33. The molecule has 5 rings (SSSR count). The van der Waals surface area contributed by atoms with E-state index in [1.165, 1.54) is 6.07 Å². The highest BCUT2D eigenvalue weighted by atomic mass is 19.2. The quantitative estimate of drug-likeness (QED) is 0.553. The molecule has 2 N–H and O–H groups in total. The number of halogens is 2. The molecule has 35 heavy (non-hydrogen) atoms. The van der Waals surface area contributed by atoms with Gasteiger partial charge in [0.2, 0.25) is 0 Å². The molecule has 2 aliphatic heterocycles. The van der Waals surface area contributed by atoms with Gasteiger partial charge in [0.05, 0.1) is 6.61 Å². The number of ether oxygens (including phenoxy) is 1. The van der Waals surface area contributed by atoms with E-state index in [9.17, 15) is 23.8 Å². The largest absolute Gasteiger partial charge is 0.493 e. The highest BCUT2D eigenvalue weighted by Crippen LogP contribution is 2.44. The van der Waals surface area contributed by atoms with Crippen molar-refractivity contribution in [2.75, 3.05) is 18.1 Å². The number of aliphatic carboxylic acids is 1. The second-order valence-corrected chi connectivity index (χ2v) is 9.12. The maximum Gasteiger partial charge on any atom is 0.337 e. The lowest BCUT2D eigenvalue weighted by atomic mass is 9.85. The van der Waals surface area contributed by atoms with Crippen LogP contribution in [-0.4, -0.2) is 34.3 Å². The lowest BCUT2D eigenvalue weighted by Gasteiger charge is -2.25. The zero-order valence-electron chi connectivity index (χ0n) is 19.6. The number of carboxylic acids is 1. The summed E-state index contributed by atoms with van der Waals surface area (Å²) in [5.41, 5.74) is 5.76. The molecule has 6 nitrogen and oxygen atoms in total. The van der Waals surface area contributed by atoms with E-state index >= 15 is 0 Å². The fourth-order valence-corrected chi connectivity index (χ4v) is 5.25. The van der Waals surface area contributed by atoms with E-state index < -0.39 is 23.7 Å². The molecule has 0 saturated carbocycles. The first-order valence-corrected chi connectivity index (χ1v) is 11.6. The summed E-state index contributed by atoms with van der Waals surface area (Å²) in [7, 11) is 0. The minimum Gasteiger partial charge on any atom is -0.493 e. The number of aliphatic hydroxyl groups is 1. The van der Waals surface area contributed by atoms with Crippen molar-refractivity contribution in [2.45, 2.75) is 45.8 Å². The summed E-state index contributed by atoms with van der Waals surface area (Å²) in [5, 5.41) is 20.3. The molecule has 0 fully saturated rings. The maximum atomic E-state index is 13.8. The van der Waals surface area contributed by atoms with E-state index in [1.807, 2.05) is 24.0 Å². The van der Waals surface area contributed by atoms with Gasteiger partial charge >= 0.3 is 5.97 Å². The number of nitrogens with zero attached hydrogens (tertiary/aromatic N) is 2. The van der Waals surface area contributed by atoms with Crippen molar-refractivity contribution in [3.63, 3.8) is 0 Å². The van der Waals surface area contributed by atoms with Gasteiger partial charge in [-0.05, 0) is 79.1 Å². The summed E-state index contributed by atoms with van der Waals surface area (Å²) in [6, 6.07) is 7.66. The average molecular weight is 481 g/mol. The van der Waals surface area contributed by atoms with Crippen LogP contribution in [0.1, 0.15) is 46.0 Å². The fourth-order valence-electron chi connectivity index (χ4n) is 5.25. The van der Waals surface area contributed by atoms with Crippen LogP contribution in [0.5, 0.6) is 5.75 Å². The second kappa shape index (κ2) is 8.92. The monoisotopic (exact) mass is 480 g/mol. The number of anilines is 1. The molecule has 1 atom stereocenters. The minimum atomic E-state index is -1.73. The zero-order chi connectivity index (χ0) is 24.9. The molecule has 182 valence electrons. The third-order valence-electron chi connectivity index (χ3n) is 6.95. The van der Waals surface area contributed by atoms with Crippen LogP contribution in [0, 0.1) is 25.5 Å². The molecular weight excluding hydrogens is 454 g/mol. The molecule has 0 saturated heterocycles. The maximum absolute atomic E-state index is 13.8. The Bertz CT molecular complexity index is 1340. The first-order chi connectivity index (χ1) is 16.8. The summed E-state index contributed by atoms with van der Waals surface area (Å²) >= 11 is 0. The Balaban J connectivity index is 1.67. The van der Waals surface area contributed by atoms with E-state index in [1.54, 1.807) is 13.0 Å². The van der Waals surface area contributed by atoms with Gasteiger partial charge in [0.25, 0.3) is 0 Å². The number of pyridine rings is 1. The molecular formula is C27H26F2N2O4. The molecule has 0 aliphatic carbocycles. The number of aliphatic hydroxyl groups excluding tert-OH is 1. The van der Waals surface area contributed by atoms with Crippen LogP contribution in [0.15, 0.2) is 30.3 Å². The summed E-state index contributed by atoms with van der Waals surface area (Å²) in [5.74, 6) is -1.64. The molecule has 2 aliphatic rings. The van der Waals surface area contributed by atoms with Crippen molar-refractivity contribution in [2.24, 2.45) is 0 Å². The molecule has 2 aromatic carbocycles. The number of rotatable bonds is 5. The van der Waals surface area contributed by atoms with Crippen molar-refractivity contribution < 1.29 is 28.5 Å². The van der Waals surface area contributed by atoms with Crippen LogP contribution in [-0.2, 0) is 24.2 Å². The third-order valence-corrected chi connectivity index (χ3v) is 6.95. The topological polar surface area (TPSA) is 82.9 Å². The zero-order valence-corrected chi connectivity index (χ0v) is 19.6. The fraction of sp³-hybridized carbons (Fsp3) is 0.333. The molecule has 1 aromatic heterocycles. The number of benzene rings is 2. The van der Waals surface area contributed by atoms with Gasteiger partial charge in [0, 0.05) is 29.9 Å². The number of hydrogen-bond acceptors (Lipinski definition) is 5. The third kappa shape index (κ3) is 4.01. The molecule has 0 spiro atoms. The van der Waals surface area contributed by atoms with E-state index in [4.69, 9.17) is 4.74 Å². The van der Waals surface area contributed by atoms with Gasteiger partial charge in [-0.25, -0.2) is 18.6 Å². The van der Waals surface area contributed by atoms with E-state index in [-0.39, 0.29) is 5.56 Å². The van der Waals surface area contributed by atoms with Gasteiger partial charge in [0.1, 0.15) is 11.6 Å². The van der Waals surface area contributed by atoms with E-state index in [0.29, 0.717) is 48.8 Å². The molecule has 3 heterocycles. The number of carboxylic acid groups (broad SMARTS) is 1. The predicted molar refractivity (Wildman–Crippen MR) is 127 cm³/mol. The van der Waals surface area contributed by atoms with E-state index in [0.717, 1.165) is 46.9 Å². The number of aromatic nitrogens is 1. The van der Waals surface area contributed by atoms with Crippen molar-refractivity contribution in [1.82, 2.24) is 4.98 Å². The number of fused-ring (bicyclic) bond motifs is 2. The van der Waals surface area contributed by atoms with Crippen molar-refractivity contribution in [3.05, 3.63) is 75.5 Å². The van der Waals surface area contributed by atoms with Gasteiger partial charge in [-0.1, -0.05) is 12.1 Å².